The monoisotopic (exact) mass is 387 g/mol. The van der Waals surface area contributed by atoms with Crippen molar-refractivity contribution in [3.05, 3.63) is 24.3 Å². The summed E-state index contributed by atoms with van der Waals surface area (Å²) in [5, 5.41) is 6.42. The summed E-state index contributed by atoms with van der Waals surface area (Å²) in [5.41, 5.74) is 1.20. The summed E-state index contributed by atoms with van der Waals surface area (Å²) in [6.07, 6.45) is 3.62. The Labute approximate surface area is 168 Å². The number of hydrogen-bond donors (Lipinski definition) is 2. The maximum absolute atomic E-state index is 11.8. The summed E-state index contributed by atoms with van der Waals surface area (Å²) >= 11 is 0. The highest BCUT2D eigenvalue weighted by Gasteiger charge is 2.23. The number of aliphatic imine (C=N–C) groups is 1. The Balaban J connectivity index is 1.46. The number of rotatable bonds is 8. The number of methoxy groups -OCH3 is 1. The average Bonchev–Trinajstić information content (AvgIpc) is 3.54. The van der Waals surface area contributed by atoms with Gasteiger partial charge in [0.2, 0.25) is 5.91 Å². The summed E-state index contributed by atoms with van der Waals surface area (Å²) in [4.78, 5) is 21.2. The molecule has 1 aromatic carbocycles. The molecule has 1 amide bonds. The van der Waals surface area contributed by atoms with Crippen LogP contribution in [0.1, 0.15) is 32.6 Å². The van der Waals surface area contributed by atoms with Crippen LogP contribution in [0.4, 0.5) is 5.69 Å². The average molecular weight is 388 g/mol. The number of piperazine rings is 1. The van der Waals surface area contributed by atoms with Crippen LogP contribution in [0, 0.1) is 0 Å². The molecule has 2 N–H and O–H groups in total. The maximum atomic E-state index is 11.8. The van der Waals surface area contributed by atoms with Crippen LogP contribution < -0.4 is 20.3 Å². The predicted molar refractivity (Wildman–Crippen MR) is 113 cm³/mol. The third kappa shape index (κ3) is 6.04. The molecule has 0 radical (unpaired) electrons. The fourth-order valence-corrected chi connectivity index (χ4v) is 3.36. The van der Waals surface area contributed by atoms with E-state index in [9.17, 15) is 4.79 Å². The molecule has 0 unspecified atom stereocenters. The van der Waals surface area contributed by atoms with Crippen molar-refractivity contribution in [2.24, 2.45) is 4.99 Å². The van der Waals surface area contributed by atoms with Crippen LogP contribution in [0.5, 0.6) is 5.75 Å². The van der Waals surface area contributed by atoms with Gasteiger partial charge < -0.3 is 25.2 Å². The minimum atomic E-state index is 0.162. The largest absolute Gasteiger partial charge is 0.497 e. The summed E-state index contributed by atoms with van der Waals surface area (Å²) in [6, 6.07) is 8.66. The zero-order chi connectivity index (χ0) is 19.8. The molecule has 1 aliphatic carbocycles. The van der Waals surface area contributed by atoms with Crippen LogP contribution in [-0.4, -0.2) is 69.2 Å². The lowest BCUT2D eigenvalue weighted by Gasteiger charge is -2.37. The van der Waals surface area contributed by atoms with E-state index >= 15 is 0 Å². The van der Waals surface area contributed by atoms with Crippen LogP contribution >= 0.6 is 0 Å². The lowest BCUT2D eigenvalue weighted by molar-refractivity contribution is -0.121. The van der Waals surface area contributed by atoms with E-state index in [1.165, 1.54) is 5.69 Å². The second-order valence-electron chi connectivity index (χ2n) is 7.36. The number of anilines is 1. The van der Waals surface area contributed by atoms with E-state index < -0.39 is 0 Å². The van der Waals surface area contributed by atoms with Crippen LogP contribution in [0.15, 0.2) is 29.3 Å². The molecule has 3 rings (SSSR count). The SMILES string of the molecule is CCNC(=NCCCC(=O)NC1CC1)N1CCN(c2cccc(OC)c2)CC1. The van der Waals surface area contributed by atoms with Gasteiger partial charge in [-0.15, -0.1) is 0 Å². The Bertz CT molecular complexity index is 667. The summed E-state index contributed by atoms with van der Waals surface area (Å²) in [5.74, 6) is 2.01. The Morgan fingerprint density at radius 3 is 2.71 bits per heavy atom. The lowest BCUT2D eigenvalue weighted by atomic mass is 10.2. The molecule has 28 heavy (non-hydrogen) atoms. The van der Waals surface area contributed by atoms with Crippen LogP contribution in [0.25, 0.3) is 0 Å². The van der Waals surface area contributed by atoms with Crippen molar-refractivity contribution in [1.82, 2.24) is 15.5 Å². The van der Waals surface area contributed by atoms with E-state index in [4.69, 9.17) is 9.73 Å². The van der Waals surface area contributed by atoms with E-state index in [0.29, 0.717) is 19.0 Å². The standard InChI is InChI=1S/C21H33N5O2/c1-3-22-21(23-11-5-8-20(27)24-17-9-10-17)26-14-12-25(13-15-26)18-6-4-7-19(16-18)28-2/h4,6-7,16-17H,3,5,8-15H2,1-2H3,(H,22,23)(H,24,27). The van der Waals surface area contributed by atoms with Gasteiger partial charge in [-0.05, 0) is 38.3 Å². The Hall–Kier alpha value is -2.44. The molecule has 7 nitrogen and oxygen atoms in total. The summed E-state index contributed by atoms with van der Waals surface area (Å²) in [7, 11) is 1.70. The second kappa shape index (κ2) is 10.2. The smallest absolute Gasteiger partial charge is 0.220 e. The first kappa shape index (κ1) is 20.3. The molecular weight excluding hydrogens is 354 g/mol. The second-order valence-corrected chi connectivity index (χ2v) is 7.36. The van der Waals surface area contributed by atoms with Gasteiger partial charge in [-0.1, -0.05) is 6.07 Å². The molecule has 2 fully saturated rings. The minimum absolute atomic E-state index is 0.162. The molecule has 1 saturated carbocycles. The van der Waals surface area contributed by atoms with Crippen LogP contribution in [0.2, 0.25) is 0 Å². The number of carbonyl (C=O) groups is 1. The van der Waals surface area contributed by atoms with Crippen molar-refractivity contribution in [3.8, 4) is 5.75 Å². The normalized spacial score (nSPS) is 17.4. The fourth-order valence-electron chi connectivity index (χ4n) is 3.36. The van der Waals surface area contributed by atoms with E-state index in [1.54, 1.807) is 7.11 Å². The van der Waals surface area contributed by atoms with Crippen molar-refractivity contribution >= 4 is 17.6 Å². The topological polar surface area (TPSA) is 69.2 Å². The van der Waals surface area contributed by atoms with E-state index in [1.807, 2.05) is 12.1 Å². The molecule has 1 heterocycles. The van der Waals surface area contributed by atoms with Crippen molar-refractivity contribution < 1.29 is 9.53 Å². The lowest BCUT2D eigenvalue weighted by Crippen LogP contribution is -2.52. The molecular formula is C21H33N5O2. The number of hydrogen-bond acceptors (Lipinski definition) is 4. The molecule has 1 saturated heterocycles. The Morgan fingerprint density at radius 1 is 1.25 bits per heavy atom. The van der Waals surface area contributed by atoms with Crippen LogP contribution in [-0.2, 0) is 4.79 Å². The van der Waals surface area contributed by atoms with Gasteiger partial charge in [0, 0.05) is 63.5 Å². The number of ether oxygens (including phenoxy) is 1. The number of nitrogens with zero attached hydrogens (tertiary/aromatic N) is 3. The summed E-state index contributed by atoms with van der Waals surface area (Å²) < 4.78 is 5.34. The number of guanidine groups is 1. The third-order valence-corrected chi connectivity index (χ3v) is 5.10. The number of benzene rings is 1. The Morgan fingerprint density at radius 2 is 2.04 bits per heavy atom. The van der Waals surface area contributed by atoms with Crippen molar-refractivity contribution in [2.75, 3.05) is 51.3 Å². The van der Waals surface area contributed by atoms with Gasteiger partial charge in [0.05, 0.1) is 7.11 Å². The summed E-state index contributed by atoms with van der Waals surface area (Å²) in [6.45, 7) is 7.35. The first-order valence-corrected chi connectivity index (χ1v) is 10.4. The quantitative estimate of drug-likeness (QED) is 0.405. The van der Waals surface area contributed by atoms with Crippen molar-refractivity contribution in [3.63, 3.8) is 0 Å². The molecule has 0 spiro atoms. The molecule has 7 heteroatoms. The fraction of sp³-hybridized carbons (Fsp3) is 0.619. The third-order valence-electron chi connectivity index (χ3n) is 5.10. The van der Waals surface area contributed by atoms with Gasteiger partial charge in [-0.25, -0.2) is 0 Å². The van der Waals surface area contributed by atoms with E-state index in [0.717, 1.165) is 63.7 Å². The first-order chi connectivity index (χ1) is 13.7. The van der Waals surface area contributed by atoms with Crippen molar-refractivity contribution in [2.45, 2.75) is 38.6 Å². The highest BCUT2D eigenvalue weighted by atomic mass is 16.5. The highest BCUT2D eigenvalue weighted by molar-refractivity contribution is 5.80. The molecule has 2 aliphatic rings. The van der Waals surface area contributed by atoms with Crippen LogP contribution in [0.3, 0.4) is 0 Å². The predicted octanol–water partition coefficient (Wildman–Crippen LogP) is 1.84. The van der Waals surface area contributed by atoms with E-state index in [-0.39, 0.29) is 5.91 Å². The highest BCUT2D eigenvalue weighted by Crippen LogP contribution is 2.22. The van der Waals surface area contributed by atoms with Crippen molar-refractivity contribution in [1.29, 1.82) is 0 Å². The molecule has 154 valence electrons. The molecule has 0 bridgehead atoms. The first-order valence-electron chi connectivity index (χ1n) is 10.4. The molecule has 0 atom stereocenters. The molecule has 0 aromatic heterocycles. The molecule has 1 aliphatic heterocycles. The van der Waals surface area contributed by atoms with Gasteiger partial charge >= 0.3 is 0 Å². The zero-order valence-corrected chi connectivity index (χ0v) is 17.1. The van der Waals surface area contributed by atoms with Gasteiger partial charge in [0.1, 0.15) is 5.75 Å². The number of amides is 1. The minimum Gasteiger partial charge on any atom is -0.497 e. The molecule has 1 aromatic rings. The van der Waals surface area contributed by atoms with Gasteiger partial charge in [-0.2, -0.15) is 0 Å². The Kier molecular flexibility index (Phi) is 7.39. The van der Waals surface area contributed by atoms with Gasteiger partial charge in [-0.3, -0.25) is 9.79 Å². The number of carbonyl (C=O) groups excluding carboxylic acids is 1. The van der Waals surface area contributed by atoms with E-state index in [2.05, 4.69) is 39.5 Å². The van der Waals surface area contributed by atoms with Gasteiger partial charge in [0.25, 0.3) is 0 Å². The number of nitrogens with one attached hydrogen (secondary N) is 2. The maximum Gasteiger partial charge on any atom is 0.220 e. The van der Waals surface area contributed by atoms with Gasteiger partial charge in [0.15, 0.2) is 5.96 Å². The zero-order valence-electron chi connectivity index (χ0n) is 17.1.